The van der Waals surface area contributed by atoms with Crippen LogP contribution in [0.4, 0.5) is 5.69 Å². The van der Waals surface area contributed by atoms with Crippen LogP contribution in [0, 0.1) is 19.8 Å². The normalized spacial score (nSPS) is 12.2. The third kappa shape index (κ3) is 5.73. The van der Waals surface area contributed by atoms with Gasteiger partial charge in [-0.05, 0) is 69.1 Å². The molecule has 0 aliphatic heterocycles. The predicted molar refractivity (Wildman–Crippen MR) is 115 cm³/mol. The molecule has 140 valence electrons. The largest absolute Gasteiger partial charge is 0.491 e. The lowest BCUT2D eigenvalue weighted by atomic mass is 9.92. The number of benzene rings is 2. The Labute approximate surface area is 163 Å². The fraction of sp³-hybridized carbons (Fsp3) is 0.409. The van der Waals surface area contributed by atoms with Crippen molar-refractivity contribution in [3.63, 3.8) is 0 Å². The van der Waals surface area contributed by atoms with Crippen LogP contribution in [0.2, 0.25) is 0 Å². The molecule has 0 radical (unpaired) electrons. The van der Waals surface area contributed by atoms with E-state index >= 15 is 0 Å². The summed E-state index contributed by atoms with van der Waals surface area (Å²) < 4.78 is 5.75. The molecule has 0 amide bonds. The average Bonchev–Trinajstić information content (AvgIpc) is 2.52. The molecule has 2 rings (SSSR count). The minimum Gasteiger partial charge on any atom is -0.491 e. The number of aryl methyl sites for hydroxylation is 2. The van der Waals surface area contributed by atoms with Crippen molar-refractivity contribution >= 4 is 23.0 Å². The van der Waals surface area contributed by atoms with Gasteiger partial charge in [-0.3, -0.25) is 0 Å². The van der Waals surface area contributed by atoms with E-state index in [1.807, 2.05) is 38.1 Å². The van der Waals surface area contributed by atoms with E-state index in [2.05, 4.69) is 56.5 Å². The summed E-state index contributed by atoms with van der Waals surface area (Å²) in [7, 11) is 0. The zero-order chi connectivity index (χ0) is 19.3. The molecule has 0 unspecified atom stereocenters. The highest BCUT2D eigenvalue weighted by Gasteiger charge is 2.19. The van der Waals surface area contributed by atoms with Crippen LogP contribution >= 0.6 is 12.2 Å². The molecule has 0 bridgehead atoms. The molecule has 0 spiro atoms. The van der Waals surface area contributed by atoms with E-state index in [1.165, 1.54) is 16.7 Å². The molecule has 0 aliphatic carbocycles. The van der Waals surface area contributed by atoms with E-state index in [-0.39, 0.29) is 12.1 Å². The molecule has 0 saturated heterocycles. The summed E-state index contributed by atoms with van der Waals surface area (Å²) in [6.45, 7) is 12.7. The Balaban J connectivity index is 2.11. The topological polar surface area (TPSA) is 33.3 Å². The zero-order valence-corrected chi connectivity index (χ0v) is 17.4. The van der Waals surface area contributed by atoms with Gasteiger partial charge in [0, 0.05) is 11.8 Å². The number of rotatable bonds is 6. The van der Waals surface area contributed by atoms with E-state index < -0.39 is 0 Å². The smallest absolute Gasteiger partial charge is 0.171 e. The second-order valence-corrected chi connectivity index (χ2v) is 7.78. The maximum absolute atomic E-state index is 5.75. The Morgan fingerprint density at radius 2 is 1.73 bits per heavy atom. The van der Waals surface area contributed by atoms with Crippen molar-refractivity contribution in [2.45, 2.75) is 53.7 Å². The van der Waals surface area contributed by atoms with Crippen molar-refractivity contribution in [3.05, 3.63) is 59.2 Å². The highest BCUT2D eigenvalue weighted by molar-refractivity contribution is 7.80. The highest BCUT2D eigenvalue weighted by Crippen LogP contribution is 2.26. The molecule has 2 aromatic rings. The predicted octanol–water partition coefficient (Wildman–Crippen LogP) is 5.77. The van der Waals surface area contributed by atoms with Gasteiger partial charge in [-0.15, -0.1) is 0 Å². The van der Waals surface area contributed by atoms with E-state index in [0.29, 0.717) is 11.0 Å². The quantitative estimate of drug-likeness (QED) is 0.632. The molecule has 2 aromatic carbocycles. The van der Waals surface area contributed by atoms with Gasteiger partial charge in [0.2, 0.25) is 0 Å². The molecule has 0 saturated carbocycles. The Kier molecular flexibility index (Phi) is 7.04. The first-order chi connectivity index (χ1) is 12.3. The first kappa shape index (κ1) is 20.2. The summed E-state index contributed by atoms with van der Waals surface area (Å²) >= 11 is 5.57. The average molecular weight is 371 g/mol. The fourth-order valence-corrected chi connectivity index (χ4v) is 3.25. The van der Waals surface area contributed by atoms with Crippen LogP contribution in [0.25, 0.3) is 0 Å². The summed E-state index contributed by atoms with van der Waals surface area (Å²) in [6, 6.07) is 14.6. The number of nitrogens with one attached hydrogen (secondary N) is 2. The van der Waals surface area contributed by atoms with Crippen LogP contribution in [-0.2, 0) is 0 Å². The molecule has 4 heteroatoms. The summed E-state index contributed by atoms with van der Waals surface area (Å²) in [5.74, 6) is 1.24. The van der Waals surface area contributed by atoms with Crippen LogP contribution in [0.15, 0.2) is 42.5 Å². The Hall–Kier alpha value is -2.07. The third-order valence-corrected chi connectivity index (χ3v) is 4.40. The van der Waals surface area contributed by atoms with Crippen LogP contribution in [0.1, 0.15) is 50.4 Å². The minimum atomic E-state index is 0.144. The van der Waals surface area contributed by atoms with Gasteiger partial charge in [-0.1, -0.05) is 43.7 Å². The molecule has 0 heterocycles. The van der Waals surface area contributed by atoms with Gasteiger partial charge < -0.3 is 15.4 Å². The van der Waals surface area contributed by atoms with Crippen molar-refractivity contribution in [2.24, 2.45) is 5.92 Å². The Bertz CT molecular complexity index is 756. The summed E-state index contributed by atoms with van der Waals surface area (Å²) in [6.07, 6.45) is 0.144. The summed E-state index contributed by atoms with van der Waals surface area (Å²) in [4.78, 5) is 0. The van der Waals surface area contributed by atoms with Crippen LogP contribution in [-0.4, -0.2) is 11.2 Å². The molecule has 0 aliphatic rings. The number of hydrogen-bond acceptors (Lipinski definition) is 2. The van der Waals surface area contributed by atoms with E-state index in [9.17, 15) is 0 Å². The first-order valence-electron chi connectivity index (χ1n) is 9.17. The van der Waals surface area contributed by atoms with Gasteiger partial charge in [0.05, 0.1) is 12.1 Å². The van der Waals surface area contributed by atoms with E-state index in [1.54, 1.807) is 0 Å². The van der Waals surface area contributed by atoms with Gasteiger partial charge in [-0.2, -0.15) is 0 Å². The maximum Gasteiger partial charge on any atom is 0.171 e. The highest BCUT2D eigenvalue weighted by atomic mass is 32.1. The zero-order valence-electron chi connectivity index (χ0n) is 16.6. The van der Waals surface area contributed by atoms with Gasteiger partial charge in [0.15, 0.2) is 5.11 Å². The molecule has 26 heavy (non-hydrogen) atoms. The molecule has 0 fully saturated rings. The van der Waals surface area contributed by atoms with Crippen molar-refractivity contribution < 1.29 is 4.74 Å². The lowest BCUT2D eigenvalue weighted by molar-refractivity contribution is 0.242. The number of thiocarbonyl (C=S) groups is 1. The van der Waals surface area contributed by atoms with Crippen LogP contribution in [0.3, 0.4) is 0 Å². The van der Waals surface area contributed by atoms with Crippen molar-refractivity contribution in [3.8, 4) is 5.75 Å². The van der Waals surface area contributed by atoms with Crippen molar-refractivity contribution in [1.82, 2.24) is 5.32 Å². The number of hydrogen-bond donors (Lipinski definition) is 2. The molecule has 2 N–H and O–H groups in total. The second-order valence-electron chi connectivity index (χ2n) is 7.37. The van der Waals surface area contributed by atoms with Gasteiger partial charge in [0.1, 0.15) is 5.75 Å². The lowest BCUT2D eigenvalue weighted by Gasteiger charge is -2.26. The Morgan fingerprint density at radius 1 is 1.00 bits per heavy atom. The van der Waals surface area contributed by atoms with Crippen LogP contribution in [0.5, 0.6) is 5.75 Å². The maximum atomic E-state index is 5.75. The first-order valence-corrected chi connectivity index (χ1v) is 9.58. The number of anilines is 1. The Morgan fingerprint density at radius 3 is 2.35 bits per heavy atom. The van der Waals surface area contributed by atoms with Crippen molar-refractivity contribution in [2.75, 3.05) is 5.32 Å². The molecule has 3 nitrogen and oxygen atoms in total. The third-order valence-electron chi connectivity index (χ3n) is 4.18. The van der Waals surface area contributed by atoms with E-state index in [0.717, 1.165) is 11.4 Å². The number of ether oxygens (including phenoxy) is 1. The lowest BCUT2D eigenvalue weighted by Crippen LogP contribution is -2.35. The SMILES string of the molecule is Cc1ccc([C@@H](NC(=S)Nc2cccc(OC(C)C)c2)C(C)C)c(C)c1. The minimum absolute atomic E-state index is 0.144. The summed E-state index contributed by atoms with van der Waals surface area (Å²) in [5.41, 5.74) is 4.76. The molecule has 0 aromatic heterocycles. The molecular formula is C22H30N2OS. The van der Waals surface area contributed by atoms with Gasteiger partial charge >= 0.3 is 0 Å². The fourth-order valence-electron chi connectivity index (χ4n) is 3.01. The molecule has 1 atom stereocenters. The standard InChI is InChI=1S/C22H30N2OS/c1-14(2)21(20-11-10-16(5)12-17(20)6)24-22(26)23-18-8-7-9-19(13-18)25-15(3)4/h7-15,21H,1-6H3,(H2,23,24,26)/t21-/m0/s1. The van der Waals surface area contributed by atoms with Crippen LogP contribution < -0.4 is 15.4 Å². The van der Waals surface area contributed by atoms with Gasteiger partial charge in [-0.25, -0.2) is 0 Å². The second kappa shape index (κ2) is 9.04. The van der Waals surface area contributed by atoms with E-state index in [4.69, 9.17) is 17.0 Å². The van der Waals surface area contributed by atoms with Gasteiger partial charge in [0.25, 0.3) is 0 Å². The monoisotopic (exact) mass is 370 g/mol. The summed E-state index contributed by atoms with van der Waals surface area (Å²) in [5, 5.41) is 7.38. The van der Waals surface area contributed by atoms with Crippen molar-refractivity contribution in [1.29, 1.82) is 0 Å². The molecular weight excluding hydrogens is 340 g/mol.